The van der Waals surface area contributed by atoms with Crippen LogP contribution < -0.4 is 10.1 Å². The minimum atomic E-state index is -0.319. The summed E-state index contributed by atoms with van der Waals surface area (Å²) in [5, 5.41) is 8.11. The van der Waals surface area contributed by atoms with Crippen LogP contribution in [0.3, 0.4) is 0 Å². The highest BCUT2D eigenvalue weighted by atomic mass is 19.1. The molecule has 8 heteroatoms. The van der Waals surface area contributed by atoms with Gasteiger partial charge in [-0.3, -0.25) is 9.48 Å². The Balaban J connectivity index is 1.39. The van der Waals surface area contributed by atoms with Crippen molar-refractivity contribution in [1.82, 2.24) is 25.1 Å². The number of H-pyrrole nitrogens is 1. The number of hydrogen-bond donors (Lipinski definition) is 2. The molecule has 5 rings (SSSR count). The number of carbonyl (C=O) groups is 1. The predicted octanol–water partition coefficient (Wildman–Crippen LogP) is 5.44. The van der Waals surface area contributed by atoms with E-state index in [0.717, 1.165) is 22.3 Å². The Hall–Kier alpha value is -4.46. The van der Waals surface area contributed by atoms with Crippen LogP contribution in [0.4, 0.5) is 4.39 Å². The van der Waals surface area contributed by atoms with E-state index in [1.807, 2.05) is 51.4 Å². The molecule has 1 amide bonds. The highest BCUT2D eigenvalue weighted by Crippen LogP contribution is 2.34. The molecule has 3 heterocycles. The number of fused-ring (bicyclic) bond motifs is 1. The number of pyridine rings is 1. The maximum absolute atomic E-state index is 13.7. The van der Waals surface area contributed by atoms with Crippen LogP contribution in [0.1, 0.15) is 27.0 Å². The van der Waals surface area contributed by atoms with Crippen LogP contribution in [0, 0.1) is 19.7 Å². The molecular formula is C27H24FN5O2. The van der Waals surface area contributed by atoms with Gasteiger partial charge in [0.25, 0.3) is 5.91 Å². The van der Waals surface area contributed by atoms with Crippen molar-refractivity contribution < 1.29 is 13.9 Å². The van der Waals surface area contributed by atoms with Crippen LogP contribution in [0.2, 0.25) is 0 Å². The molecular weight excluding hydrogens is 445 g/mol. The minimum Gasteiger partial charge on any atom is -0.456 e. The lowest BCUT2D eigenvalue weighted by Crippen LogP contribution is -2.23. The standard InChI is InChI=1S/C27H24FN5O2/c1-16-11-18(13-19(28)12-16)15-30-27(34)20-5-4-6-24(17(20)2)35-25-7-9-29-26-21(25)14-23(31-26)22-8-10-33(3)32-22/h4-14H,15H2,1-3H3,(H,29,31)(H,30,34). The second kappa shape index (κ2) is 9.06. The summed E-state index contributed by atoms with van der Waals surface area (Å²) in [6.45, 7) is 3.89. The molecule has 0 spiro atoms. The molecule has 2 aromatic carbocycles. The summed E-state index contributed by atoms with van der Waals surface area (Å²) in [5.41, 5.74) is 5.02. The van der Waals surface area contributed by atoms with Crippen LogP contribution in [0.5, 0.6) is 11.5 Å². The molecule has 0 aliphatic heterocycles. The van der Waals surface area contributed by atoms with Gasteiger partial charge in [-0.05, 0) is 67.4 Å². The number of aromatic nitrogens is 4. The van der Waals surface area contributed by atoms with Gasteiger partial charge in [0.2, 0.25) is 0 Å². The summed E-state index contributed by atoms with van der Waals surface area (Å²) in [4.78, 5) is 20.6. The fourth-order valence-electron chi connectivity index (χ4n) is 4.07. The normalized spacial score (nSPS) is 11.1. The van der Waals surface area contributed by atoms with Crippen molar-refractivity contribution in [2.75, 3.05) is 0 Å². The van der Waals surface area contributed by atoms with E-state index in [9.17, 15) is 9.18 Å². The molecule has 0 fully saturated rings. The molecule has 0 aliphatic rings. The van der Waals surface area contributed by atoms with E-state index < -0.39 is 0 Å². The molecule has 0 bridgehead atoms. The molecule has 0 radical (unpaired) electrons. The average Bonchev–Trinajstić information content (AvgIpc) is 3.45. The van der Waals surface area contributed by atoms with Gasteiger partial charge < -0.3 is 15.0 Å². The number of benzene rings is 2. The molecule has 0 atom stereocenters. The third-order valence-electron chi connectivity index (χ3n) is 5.79. The third-order valence-corrected chi connectivity index (χ3v) is 5.79. The third kappa shape index (κ3) is 4.63. The molecule has 176 valence electrons. The number of rotatable bonds is 6. The van der Waals surface area contributed by atoms with Gasteiger partial charge in [0.15, 0.2) is 0 Å². The minimum absolute atomic E-state index is 0.229. The first kappa shape index (κ1) is 22.3. The Bertz CT molecular complexity index is 1530. The van der Waals surface area contributed by atoms with Gasteiger partial charge in [0, 0.05) is 37.1 Å². The maximum atomic E-state index is 13.7. The Kier molecular flexibility index (Phi) is 5.78. The molecule has 5 aromatic rings. The van der Waals surface area contributed by atoms with Crippen LogP contribution in [-0.4, -0.2) is 25.7 Å². The molecule has 0 saturated heterocycles. The van der Waals surface area contributed by atoms with Gasteiger partial charge in [0.1, 0.15) is 28.7 Å². The fraction of sp³-hybridized carbons (Fsp3) is 0.148. The molecule has 0 saturated carbocycles. The summed E-state index contributed by atoms with van der Waals surface area (Å²) in [6, 6.07) is 15.7. The Morgan fingerprint density at radius 3 is 2.74 bits per heavy atom. The number of ether oxygens (including phenoxy) is 1. The molecule has 2 N–H and O–H groups in total. The average molecular weight is 470 g/mol. The van der Waals surface area contributed by atoms with Crippen molar-refractivity contribution in [3.8, 4) is 22.9 Å². The van der Waals surface area contributed by atoms with E-state index in [2.05, 4.69) is 20.4 Å². The second-order valence-electron chi connectivity index (χ2n) is 8.48. The zero-order chi connectivity index (χ0) is 24.5. The van der Waals surface area contributed by atoms with E-state index in [0.29, 0.717) is 33.8 Å². The Morgan fingerprint density at radius 1 is 1.11 bits per heavy atom. The van der Waals surface area contributed by atoms with E-state index in [4.69, 9.17) is 4.74 Å². The topological polar surface area (TPSA) is 84.8 Å². The van der Waals surface area contributed by atoms with Gasteiger partial charge in [-0.15, -0.1) is 0 Å². The lowest BCUT2D eigenvalue weighted by atomic mass is 10.1. The number of nitrogens with zero attached hydrogens (tertiary/aromatic N) is 3. The van der Waals surface area contributed by atoms with Crippen molar-refractivity contribution in [3.05, 3.63) is 95.1 Å². The first-order valence-electron chi connectivity index (χ1n) is 11.2. The number of amides is 1. The highest BCUT2D eigenvalue weighted by molar-refractivity contribution is 5.96. The van der Waals surface area contributed by atoms with Gasteiger partial charge in [-0.25, -0.2) is 9.37 Å². The summed E-state index contributed by atoms with van der Waals surface area (Å²) in [7, 11) is 1.87. The van der Waals surface area contributed by atoms with Crippen molar-refractivity contribution >= 4 is 16.9 Å². The largest absolute Gasteiger partial charge is 0.456 e. The monoisotopic (exact) mass is 469 g/mol. The lowest BCUT2D eigenvalue weighted by Gasteiger charge is -2.13. The van der Waals surface area contributed by atoms with Crippen LogP contribution in [0.15, 0.2) is 67.0 Å². The molecule has 3 aromatic heterocycles. The van der Waals surface area contributed by atoms with Crippen molar-refractivity contribution in [1.29, 1.82) is 0 Å². The van der Waals surface area contributed by atoms with Gasteiger partial charge in [0.05, 0.1) is 11.1 Å². The SMILES string of the molecule is Cc1cc(F)cc(CNC(=O)c2cccc(Oc3ccnc4[nH]c(-c5ccn(C)n5)cc34)c2C)c1. The lowest BCUT2D eigenvalue weighted by molar-refractivity contribution is 0.0950. The van der Waals surface area contributed by atoms with E-state index in [-0.39, 0.29) is 18.3 Å². The summed E-state index contributed by atoms with van der Waals surface area (Å²) < 4.78 is 21.7. The number of aromatic amines is 1. The van der Waals surface area contributed by atoms with Crippen molar-refractivity contribution in [2.45, 2.75) is 20.4 Å². The highest BCUT2D eigenvalue weighted by Gasteiger charge is 2.16. The first-order chi connectivity index (χ1) is 16.9. The van der Waals surface area contributed by atoms with Gasteiger partial charge in [-0.2, -0.15) is 5.10 Å². The van der Waals surface area contributed by atoms with Crippen LogP contribution in [0.25, 0.3) is 22.4 Å². The van der Waals surface area contributed by atoms with E-state index in [1.54, 1.807) is 29.1 Å². The number of hydrogen-bond acceptors (Lipinski definition) is 4. The molecule has 0 unspecified atom stereocenters. The number of carbonyl (C=O) groups excluding carboxylic acids is 1. The fourth-order valence-corrected chi connectivity index (χ4v) is 4.07. The van der Waals surface area contributed by atoms with Crippen molar-refractivity contribution in [2.24, 2.45) is 7.05 Å². The van der Waals surface area contributed by atoms with E-state index in [1.165, 1.54) is 12.1 Å². The van der Waals surface area contributed by atoms with E-state index >= 15 is 0 Å². The Morgan fingerprint density at radius 2 is 1.97 bits per heavy atom. The molecule has 0 aliphatic carbocycles. The van der Waals surface area contributed by atoms with Crippen LogP contribution >= 0.6 is 0 Å². The van der Waals surface area contributed by atoms with Crippen LogP contribution in [-0.2, 0) is 13.6 Å². The first-order valence-corrected chi connectivity index (χ1v) is 11.2. The van der Waals surface area contributed by atoms with Crippen molar-refractivity contribution in [3.63, 3.8) is 0 Å². The summed E-state index contributed by atoms with van der Waals surface area (Å²) in [5.74, 6) is 0.603. The zero-order valence-corrected chi connectivity index (χ0v) is 19.6. The smallest absolute Gasteiger partial charge is 0.251 e. The maximum Gasteiger partial charge on any atom is 0.251 e. The predicted molar refractivity (Wildman–Crippen MR) is 132 cm³/mol. The summed E-state index contributed by atoms with van der Waals surface area (Å²) in [6.07, 6.45) is 3.55. The molecule has 7 nitrogen and oxygen atoms in total. The second-order valence-corrected chi connectivity index (χ2v) is 8.48. The van der Waals surface area contributed by atoms with Gasteiger partial charge >= 0.3 is 0 Å². The number of nitrogens with one attached hydrogen (secondary N) is 2. The zero-order valence-electron chi connectivity index (χ0n) is 19.6. The van der Waals surface area contributed by atoms with Gasteiger partial charge in [-0.1, -0.05) is 12.1 Å². The number of aryl methyl sites for hydroxylation is 2. The molecule has 35 heavy (non-hydrogen) atoms. The quantitative estimate of drug-likeness (QED) is 0.347. The summed E-state index contributed by atoms with van der Waals surface area (Å²) >= 11 is 0. The Labute approximate surface area is 201 Å². The number of halogens is 1.